The van der Waals surface area contributed by atoms with Crippen molar-refractivity contribution in [1.82, 2.24) is 4.90 Å². The normalized spacial score (nSPS) is 12.5. The Bertz CT molecular complexity index is 398. The van der Waals surface area contributed by atoms with Gasteiger partial charge in [-0.1, -0.05) is 6.07 Å². The number of nitrogens with zero attached hydrogens (tertiary/aromatic N) is 1. The molecular weight excluding hydrogens is 228 g/mol. The fourth-order valence-electron chi connectivity index (χ4n) is 1.73. The van der Waals surface area contributed by atoms with Gasteiger partial charge in [-0.05, 0) is 51.1 Å². The predicted octanol–water partition coefficient (Wildman–Crippen LogP) is 1.49. The number of benzene rings is 1. The Hall–Kier alpha value is -1.55. The average molecular weight is 250 g/mol. The molecule has 1 aromatic rings. The number of hydrogen-bond acceptors (Lipinski definition) is 3. The van der Waals surface area contributed by atoms with Gasteiger partial charge in [0.2, 0.25) is 5.91 Å². The maximum absolute atomic E-state index is 11.0. The highest BCUT2D eigenvalue weighted by Gasteiger charge is 2.14. The Morgan fingerprint density at radius 3 is 2.39 bits per heavy atom. The van der Waals surface area contributed by atoms with Gasteiger partial charge in [0.25, 0.3) is 0 Å². The van der Waals surface area contributed by atoms with E-state index in [9.17, 15) is 4.79 Å². The molecule has 0 fully saturated rings. The summed E-state index contributed by atoms with van der Waals surface area (Å²) >= 11 is 0. The van der Waals surface area contributed by atoms with E-state index in [1.165, 1.54) is 11.1 Å². The number of primary amides is 1. The van der Waals surface area contributed by atoms with Crippen LogP contribution in [0.3, 0.4) is 0 Å². The summed E-state index contributed by atoms with van der Waals surface area (Å²) < 4.78 is 5.67. The summed E-state index contributed by atoms with van der Waals surface area (Å²) in [5.41, 5.74) is 7.61. The molecule has 4 heteroatoms. The first kappa shape index (κ1) is 14.5. The molecular formula is C14H22N2O2. The molecule has 0 aliphatic rings. The third-order valence-electron chi connectivity index (χ3n) is 2.98. The lowest BCUT2D eigenvalue weighted by Crippen LogP contribution is -2.42. The lowest BCUT2D eigenvalue weighted by molar-refractivity contribution is -0.122. The summed E-state index contributed by atoms with van der Waals surface area (Å²) in [6.07, 6.45) is 0. The van der Waals surface area contributed by atoms with Crippen LogP contribution in [0, 0.1) is 13.8 Å². The summed E-state index contributed by atoms with van der Waals surface area (Å²) in [4.78, 5) is 12.9. The minimum absolute atomic E-state index is 0.271. The van der Waals surface area contributed by atoms with Gasteiger partial charge in [0.1, 0.15) is 12.4 Å². The van der Waals surface area contributed by atoms with Crippen LogP contribution in [0.15, 0.2) is 18.2 Å². The Kier molecular flexibility index (Phi) is 5.16. The summed E-state index contributed by atoms with van der Waals surface area (Å²) in [7, 11) is 1.86. The first-order valence-corrected chi connectivity index (χ1v) is 6.11. The number of rotatable bonds is 6. The highest BCUT2D eigenvalue weighted by Crippen LogP contribution is 2.16. The molecule has 18 heavy (non-hydrogen) atoms. The van der Waals surface area contributed by atoms with E-state index in [1.807, 2.05) is 37.9 Å². The Balaban J connectivity index is 2.44. The zero-order valence-corrected chi connectivity index (χ0v) is 11.6. The van der Waals surface area contributed by atoms with E-state index in [-0.39, 0.29) is 11.9 Å². The number of ether oxygens (including phenoxy) is 1. The van der Waals surface area contributed by atoms with Crippen molar-refractivity contribution in [3.8, 4) is 5.75 Å². The highest BCUT2D eigenvalue weighted by atomic mass is 16.5. The summed E-state index contributed by atoms with van der Waals surface area (Å²) in [6.45, 7) is 7.08. The molecule has 0 radical (unpaired) electrons. The third-order valence-corrected chi connectivity index (χ3v) is 2.98. The van der Waals surface area contributed by atoms with Gasteiger partial charge in [-0.2, -0.15) is 0 Å². The lowest BCUT2D eigenvalue weighted by Gasteiger charge is -2.21. The van der Waals surface area contributed by atoms with Crippen LogP contribution in [-0.4, -0.2) is 37.0 Å². The van der Waals surface area contributed by atoms with E-state index in [4.69, 9.17) is 10.5 Å². The molecule has 2 N–H and O–H groups in total. The van der Waals surface area contributed by atoms with E-state index < -0.39 is 0 Å². The maximum Gasteiger partial charge on any atom is 0.234 e. The molecule has 1 aromatic carbocycles. The summed E-state index contributed by atoms with van der Waals surface area (Å²) in [5, 5.41) is 0. The van der Waals surface area contributed by atoms with Crippen molar-refractivity contribution >= 4 is 5.91 Å². The smallest absolute Gasteiger partial charge is 0.234 e. The molecule has 1 amide bonds. The fraction of sp³-hybridized carbons (Fsp3) is 0.500. The number of likely N-dealkylation sites (N-methyl/N-ethyl adjacent to an activating group) is 1. The Morgan fingerprint density at radius 2 is 1.89 bits per heavy atom. The molecule has 0 heterocycles. The van der Waals surface area contributed by atoms with E-state index in [2.05, 4.69) is 6.07 Å². The molecule has 1 rings (SSSR count). The van der Waals surface area contributed by atoms with Gasteiger partial charge in [0, 0.05) is 6.54 Å². The summed E-state index contributed by atoms with van der Waals surface area (Å²) in [5.74, 6) is 0.552. The molecule has 0 saturated heterocycles. The minimum atomic E-state index is -0.316. The van der Waals surface area contributed by atoms with Gasteiger partial charge < -0.3 is 10.5 Å². The Labute approximate surface area is 109 Å². The highest BCUT2D eigenvalue weighted by molar-refractivity contribution is 5.79. The second-order valence-corrected chi connectivity index (χ2v) is 4.73. The van der Waals surface area contributed by atoms with E-state index in [1.54, 1.807) is 6.92 Å². The van der Waals surface area contributed by atoms with Gasteiger partial charge in [0.15, 0.2) is 0 Å². The number of carbonyl (C=O) groups is 1. The molecule has 0 unspecified atom stereocenters. The maximum atomic E-state index is 11.0. The fourth-order valence-corrected chi connectivity index (χ4v) is 1.73. The van der Waals surface area contributed by atoms with Crippen LogP contribution in [-0.2, 0) is 4.79 Å². The van der Waals surface area contributed by atoms with Crippen molar-refractivity contribution < 1.29 is 9.53 Å². The van der Waals surface area contributed by atoms with Crippen molar-refractivity contribution in [2.45, 2.75) is 26.8 Å². The van der Waals surface area contributed by atoms with Crippen LogP contribution in [0.4, 0.5) is 0 Å². The zero-order valence-electron chi connectivity index (χ0n) is 11.6. The van der Waals surface area contributed by atoms with Crippen molar-refractivity contribution in [2.75, 3.05) is 20.2 Å². The van der Waals surface area contributed by atoms with Crippen LogP contribution in [0.5, 0.6) is 5.75 Å². The van der Waals surface area contributed by atoms with Crippen molar-refractivity contribution in [3.05, 3.63) is 29.3 Å². The molecule has 0 saturated carbocycles. The van der Waals surface area contributed by atoms with Crippen LogP contribution in [0.25, 0.3) is 0 Å². The van der Waals surface area contributed by atoms with E-state index in [0.717, 1.165) is 5.75 Å². The standard InChI is InChI=1S/C14H22N2O2/c1-10-7-11(2)9-13(8-10)18-6-5-16(4)12(3)14(15)17/h7-9,12H,5-6H2,1-4H3,(H2,15,17)/t12-/m0/s1. The predicted molar refractivity (Wildman–Crippen MR) is 72.7 cm³/mol. The Morgan fingerprint density at radius 1 is 1.33 bits per heavy atom. The van der Waals surface area contributed by atoms with Gasteiger partial charge in [-0.25, -0.2) is 0 Å². The number of aryl methyl sites for hydroxylation is 2. The van der Waals surface area contributed by atoms with Crippen molar-refractivity contribution in [3.63, 3.8) is 0 Å². The average Bonchev–Trinajstić information content (AvgIpc) is 2.26. The quantitative estimate of drug-likeness (QED) is 0.832. The van der Waals surface area contributed by atoms with Crippen LogP contribution in [0.1, 0.15) is 18.1 Å². The number of amides is 1. The first-order chi connectivity index (χ1) is 8.40. The van der Waals surface area contributed by atoms with Crippen LogP contribution >= 0.6 is 0 Å². The number of hydrogen-bond donors (Lipinski definition) is 1. The zero-order chi connectivity index (χ0) is 13.7. The molecule has 0 aliphatic carbocycles. The van der Waals surface area contributed by atoms with Crippen LogP contribution in [0.2, 0.25) is 0 Å². The second-order valence-electron chi connectivity index (χ2n) is 4.73. The monoisotopic (exact) mass is 250 g/mol. The van der Waals surface area contributed by atoms with Gasteiger partial charge in [0.05, 0.1) is 6.04 Å². The topological polar surface area (TPSA) is 55.6 Å². The van der Waals surface area contributed by atoms with Gasteiger partial charge in [-0.3, -0.25) is 9.69 Å². The van der Waals surface area contributed by atoms with Gasteiger partial charge in [-0.15, -0.1) is 0 Å². The van der Waals surface area contributed by atoms with E-state index >= 15 is 0 Å². The molecule has 0 spiro atoms. The number of carbonyl (C=O) groups excluding carboxylic acids is 1. The molecule has 1 atom stereocenters. The molecule has 4 nitrogen and oxygen atoms in total. The number of nitrogens with two attached hydrogens (primary N) is 1. The minimum Gasteiger partial charge on any atom is -0.492 e. The van der Waals surface area contributed by atoms with Crippen molar-refractivity contribution in [2.24, 2.45) is 5.73 Å². The SMILES string of the molecule is Cc1cc(C)cc(OCCN(C)[C@@H](C)C(N)=O)c1. The van der Waals surface area contributed by atoms with Crippen molar-refractivity contribution in [1.29, 1.82) is 0 Å². The molecule has 0 bridgehead atoms. The summed E-state index contributed by atoms with van der Waals surface area (Å²) in [6, 6.07) is 5.84. The van der Waals surface area contributed by atoms with Gasteiger partial charge >= 0.3 is 0 Å². The first-order valence-electron chi connectivity index (χ1n) is 6.11. The second kappa shape index (κ2) is 6.40. The third kappa shape index (κ3) is 4.37. The van der Waals surface area contributed by atoms with Crippen LogP contribution < -0.4 is 10.5 Å². The molecule has 0 aliphatic heterocycles. The largest absolute Gasteiger partial charge is 0.492 e. The molecule has 100 valence electrons. The molecule has 0 aromatic heterocycles. The van der Waals surface area contributed by atoms with E-state index in [0.29, 0.717) is 13.2 Å². The lowest BCUT2D eigenvalue weighted by atomic mass is 10.1.